The zero-order chi connectivity index (χ0) is 34.3. The standard InChI is InChI=1S/C41H47N3O6/c1-29-37(27-44-19-17-41(18-20-44)47-21-22-48-41)49-39(50-38(29)33-15-13-31(28-45)14-16-33)36-12-6-11-35(24-36)34-10-5-9-32(23-34)26-43-40(46)42-25-30-7-3-2-4-8-30/h2-16,23-24,29,37-39,45H,17-22,25-28H2,1H3,(H2,42,43,46). The van der Waals surface area contributed by atoms with Gasteiger partial charge in [0.15, 0.2) is 12.1 Å². The number of nitrogens with one attached hydrogen (secondary N) is 2. The first-order valence-corrected chi connectivity index (χ1v) is 17.7. The van der Waals surface area contributed by atoms with Crippen molar-refractivity contribution in [1.82, 2.24) is 15.5 Å². The number of amides is 2. The number of urea groups is 1. The van der Waals surface area contributed by atoms with Crippen molar-refractivity contribution in [1.29, 1.82) is 0 Å². The van der Waals surface area contributed by atoms with Crippen LogP contribution in [0.5, 0.6) is 0 Å². The summed E-state index contributed by atoms with van der Waals surface area (Å²) in [6.07, 6.45) is 0.899. The maximum absolute atomic E-state index is 12.5. The second-order valence-electron chi connectivity index (χ2n) is 13.6. The number of aliphatic hydroxyl groups excluding tert-OH is 1. The molecule has 0 aliphatic carbocycles. The molecule has 9 heteroatoms. The summed E-state index contributed by atoms with van der Waals surface area (Å²) in [5.74, 6) is -0.320. The quantitative estimate of drug-likeness (QED) is 0.177. The van der Waals surface area contributed by atoms with E-state index < -0.39 is 12.1 Å². The van der Waals surface area contributed by atoms with Crippen LogP contribution in [-0.2, 0) is 38.6 Å². The van der Waals surface area contributed by atoms with Crippen LogP contribution in [0, 0.1) is 5.92 Å². The number of hydrogen-bond acceptors (Lipinski definition) is 7. The van der Waals surface area contributed by atoms with Crippen molar-refractivity contribution in [3.63, 3.8) is 0 Å². The lowest BCUT2D eigenvalue weighted by Crippen LogP contribution is -2.50. The third-order valence-electron chi connectivity index (χ3n) is 10.2. The first-order chi connectivity index (χ1) is 24.5. The number of ether oxygens (including phenoxy) is 4. The largest absolute Gasteiger partial charge is 0.392 e. The van der Waals surface area contributed by atoms with Crippen molar-refractivity contribution in [3.05, 3.63) is 131 Å². The van der Waals surface area contributed by atoms with E-state index in [2.05, 4.69) is 64.9 Å². The number of carbonyl (C=O) groups excluding carboxylic acids is 1. The lowest BCUT2D eigenvalue weighted by atomic mass is 9.89. The van der Waals surface area contributed by atoms with E-state index >= 15 is 0 Å². The third-order valence-corrected chi connectivity index (χ3v) is 10.2. The van der Waals surface area contributed by atoms with E-state index in [9.17, 15) is 9.90 Å². The van der Waals surface area contributed by atoms with E-state index in [-0.39, 0.29) is 30.8 Å². The third kappa shape index (κ3) is 8.26. The summed E-state index contributed by atoms with van der Waals surface area (Å²) in [6.45, 7) is 7.01. The van der Waals surface area contributed by atoms with Crippen LogP contribution in [0.2, 0.25) is 0 Å². The molecule has 3 saturated heterocycles. The van der Waals surface area contributed by atoms with E-state index in [0.717, 1.165) is 71.4 Å². The smallest absolute Gasteiger partial charge is 0.315 e. The van der Waals surface area contributed by atoms with Crippen molar-refractivity contribution >= 4 is 6.03 Å². The Kier molecular flexibility index (Phi) is 10.9. The van der Waals surface area contributed by atoms with Gasteiger partial charge >= 0.3 is 6.03 Å². The van der Waals surface area contributed by atoms with Crippen LogP contribution >= 0.6 is 0 Å². The molecule has 9 nitrogen and oxygen atoms in total. The number of nitrogens with zero attached hydrogens (tertiary/aromatic N) is 1. The number of likely N-dealkylation sites (tertiary alicyclic amines) is 1. The predicted octanol–water partition coefficient (Wildman–Crippen LogP) is 6.48. The van der Waals surface area contributed by atoms with Crippen molar-refractivity contribution in [3.8, 4) is 11.1 Å². The molecule has 3 aliphatic heterocycles. The lowest BCUT2D eigenvalue weighted by Gasteiger charge is -2.44. The van der Waals surface area contributed by atoms with Crippen LogP contribution in [0.4, 0.5) is 4.79 Å². The minimum Gasteiger partial charge on any atom is -0.392 e. The van der Waals surface area contributed by atoms with E-state index in [4.69, 9.17) is 18.9 Å². The normalized spacial score (nSPS) is 23.5. The zero-order valence-electron chi connectivity index (χ0n) is 28.6. The summed E-state index contributed by atoms with van der Waals surface area (Å²) in [4.78, 5) is 14.9. The van der Waals surface area contributed by atoms with Gasteiger partial charge in [0.1, 0.15) is 0 Å². The molecule has 0 bridgehead atoms. The number of rotatable bonds is 10. The summed E-state index contributed by atoms with van der Waals surface area (Å²) in [6, 6.07) is 34.3. The van der Waals surface area contributed by atoms with Crippen LogP contribution in [-0.4, -0.2) is 60.8 Å². The molecule has 4 unspecified atom stereocenters. The van der Waals surface area contributed by atoms with Gasteiger partial charge in [-0.3, -0.25) is 0 Å². The molecule has 4 atom stereocenters. The van der Waals surface area contributed by atoms with Crippen LogP contribution in [0.15, 0.2) is 103 Å². The highest BCUT2D eigenvalue weighted by atomic mass is 16.7. The number of piperidine rings is 1. The van der Waals surface area contributed by atoms with Crippen LogP contribution in [0.3, 0.4) is 0 Å². The van der Waals surface area contributed by atoms with Gasteiger partial charge in [0.2, 0.25) is 0 Å². The van der Waals surface area contributed by atoms with Gasteiger partial charge in [-0.25, -0.2) is 4.79 Å². The molecular weight excluding hydrogens is 630 g/mol. The van der Waals surface area contributed by atoms with E-state index in [0.29, 0.717) is 26.3 Å². The minimum atomic E-state index is -0.561. The Morgan fingerprint density at radius 3 is 2.14 bits per heavy atom. The maximum Gasteiger partial charge on any atom is 0.315 e. The van der Waals surface area contributed by atoms with Gasteiger partial charge in [0.25, 0.3) is 0 Å². The van der Waals surface area contributed by atoms with Crippen molar-refractivity contribution in [2.75, 3.05) is 32.8 Å². The topological polar surface area (TPSA) is 102 Å². The van der Waals surface area contributed by atoms with Crippen molar-refractivity contribution < 1.29 is 28.8 Å². The molecule has 50 heavy (non-hydrogen) atoms. The fourth-order valence-corrected chi connectivity index (χ4v) is 7.19. The Morgan fingerprint density at radius 1 is 0.760 bits per heavy atom. The second kappa shape index (κ2) is 15.9. The molecule has 3 N–H and O–H groups in total. The average Bonchev–Trinajstić information content (AvgIpc) is 3.63. The number of carbonyl (C=O) groups is 1. The van der Waals surface area contributed by atoms with Crippen LogP contribution in [0.25, 0.3) is 11.1 Å². The van der Waals surface area contributed by atoms with Gasteiger partial charge in [-0.05, 0) is 45.5 Å². The molecule has 3 fully saturated rings. The zero-order valence-corrected chi connectivity index (χ0v) is 28.6. The second-order valence-corrected chi connectivity index (χ2v) is 13.6. The Hall–Kier alpha value is -4.09. The first-order valence-electron chi connectivity index (χ1n) is 17.7. The highest BCUT2D eigenvalue weighted by molar-refractivity contribution is 5.74. The van der Waals surface area contributed by atoms with Gasteiger partial charge in [-0.15, -0.1) is 0 Å². The van der Waals surface area contributed by atoms with E-state index in [1.54, 1.807) is 0 Å². The summed E-state index contributed by atoms with van der Waals surface area (Å²) in [5.41, 5.74) is 7.04. The highest BCUT2D eigenvalue weighted by Gasteiger charge is 2.43. The average molecular weight is 678 g/mol. The molecule has 0 saturated carbocycles. The molecule has 0 aromatic heterocycles. The molecule has 4 aromatic rings. The summed E-state index contributed by atoms with van der Waals surface area (Å²) < 4.78 is 25.5. The fourth-order valence-electron chi connectivity index (χ4n) is 7.19. The lowest BCUT2D eigenvalue weighted by molar-refractivity contribution is -0.278. The van der Waals surface area contributed by atoms with Crippen LogP contribution in [0.1, 0.15) is 60.0 Å². The number of hydrogen-bond donors (Lipinski definition) is 3. The van der Waals surface area contributed by atoms with Gasteiger partial charge in [-0.2, -0.15) is 0 Å². The van der Waals surface area contributed by atoms with Gasteiger partial charge in [0.05, 0.1) is 32.0 Å². The van der Waals surface area contributed by atoms with Crippen molar-refractivity contribution in [2.45, 2.75) is 63.7 Å². The summed E-state index contributed by atoms with van der Waals surface area (Å²) in [5, 5.41) is 15.5. The predicted molar refractivity (Wildman–Crippen MR) is 191 cm³/mol. The molecule has 7 rings (SSSR count). The fraction of sp³-hybridized carbons (Fsp3) is 0.390. The minimum absolute atomic E-state index is 0.00507. The Morgan fingerprint density at radius 2 is 1.42 bits per heavy atom. The van der Waals surface area contributed by atoms with Gasteiger partial charge in [0, 0.05) is 57.0 Å². The number of aliphatic hydroxyl groups is 1. The molecule has 262 valence electrons. The van der Waals surface area contributed by atoms with Crippen molar-refractivity contribution in [2.24, 2.45) is 5.92 Å². The SMILES string of the molecule is CC1C(CN2CCC3(CC2)OCCO3)OC(c2cccc(-c3cccc(CNC(=O)NCc4ccccc4)c3)c2)OC1c1ccc(CO)cc1. The molecule has 2 amide bonds. The molecule has 0 radical (unpaired) electrons. The van der Waals surface area contributed by atoms with Gasteiger partial charge in [-0.1, -0.05) is 97.9 Å². The molecule has 3 heterocycles. The monoisotopic (exact) mass is 677 g/mol. The van der Waals surface area contributed by atoms with E-state index in [1.165, 1.54) is 0 Å². The Balaban J connectivity index is 1.05. The molecule has 3 aliphatic rings. The summed E-state index contributed by atoms with van der Waals surface area (Å²) in [7, 11) is 0. The first kappa shape index (κ1) is 34.4. The van der Waals surface area contributed by atoms with E-state index in [1.807, 2.05) is 60.7 Å². The van der Waals surface area contributed by atoms with Gasteiger partial charge < -0.3 is 39.6 Å². The molecule has 1 spiro atoms. The maximum atomic E-state index is 12.5. The summed E-state index contributed by atoms with van der Waals surface area (Å²) >= 11 is 0. The molecule has 4 aromatic carbocycles. The molecular formula is C41H47N3O6. The highest BCUT2D eigenvalue weighted by Crippen LogP contribution is 2.43. The Bertz CT molecular complexity index is 1700. The van der Waals surface area contributed by atoms with Crippen LogP contribution < -0.4 is 10.6 Å². The number of benzene rings is 4. The Labute approximate surface area is 294 Å².